The van der Waals surface area contributed by atoms with Crippen LogP contribution in [-0.2, 0) is 0 Å². The van der Waals surface area contributed by atoms with Crippen LogP contribution < -0.4 is 14.8 Å². The first-order chi connectivity index (χ1) is 11.4. The molecule has 0 saturated carbocycles. The van der Waals surface area contributed by atoms with E-state index in [1.807, 2.05) is 52.0 Å². The van der Waals surface area contributed by atoms with Gasteiger partial charge in [0.25, 0.3) is 5.91 Å². The number of benzene rings is 2. The Kier molecular flexibility index (Phi) is 5.85. The predicted octanol–water partition coefficient (Wildman–Crippen LogP) is 4.28. The quantitative estimate of drug-likeness (QED) is 0.861. The van der Waals surface area contributed by atoms with Crippen LogP contribution in [0.25, 0.3) is 0 Å². The van der Waals surface area contributed by atoms with Gasteiger partial charge in [-0.2, -0.15) is 0 Å². The molecule has 0 heterocycles. The van der Waals surface area contributed by atoms with E-state index in [9.17, 15) is 4.79 Å². The normalized spacial score (nSPS) is 11.9. The minimum Gasteiger partial charge on any atom is -0.493 e. The van der Waals surface area contributed by atoms with Gasteiger partial charge in [0.1, 0.15) is 0 Å². The van der Waals surface area contributed by atoms with E-state index in [1.165, 1.54) is 5.56 Å². The van der Waals surface area contributed by atoms with E-state index in [4.69, 9.17) is 9.47 Å². The summed E-state index contributed by atoms with van der Waals surface area (Å²) >= 11 is 0. The molecular formula is C20H25NO3. The zero-order chi connectivity index (χ0) is 17.7. The van der Waals surface area contributed by atoms with Crippen molar-refractivity contribution in [2.45, 2.75) is 39.8 Å². The largest absolute Gasteiger partial charge is 0.493 e. The molecule has 2 aromatic carbocycles. The molecule has 0 saturated heterocycles. The Balaban J connectivity index is 2.12. The van der Waals surface area contributed by atoms with Gasteiger partial charge in [0, 0.05) is 5.56 Å². The van der Waals surface area contributed by atoms with Gasteiger partial charge < -0.3 is 14.8 Å². The molecule has 1 N–H and O–H groups in total. The van der Waals surface area contributed by atoms with Crippen LogP contribution >= 0.6 is 0 Å². The number of amides is 1. The summed E-state index contributed by atoms with van der Waals surface area (Å²) in [5.41, 5.74) is 2.81. The summed E-state index contributed by atoms with van der Waals surface area (Å²) in [6, 6.07) is 13.3. The molecule has 0 radical (unpaired) electrons. The van der Waals surface area contributed by atoms with Crippen molar-refractivity contribution in [1.29, 1.82) is 0 Å². The highest BCUT2D eigenvalue weighted by molar-refractivity contribution is 5.95. The molecule has 24 heavy (non-hydrogen) atoms. The molecule has 4 nitrogen and oxygen atoms in total. The fraction of sp³-hybridized carbons (Fsp3) is 0.350. The van der Waals surface area contributed by atoms with Crippen molar-refractivity contribution < 1.29 is 14.3 Å². The lowest BCUT2D eigenvalue weighted by Gasteiger charge is -2.17. The average Bonchev–Trinajstić information content (AvgIpc) is 2.55. The molecule has 0 bridgehead atoms. The second-order valence-corrected chi connectivity index (χ2v) is 6.14. The van der Waals surface area contributed by atoms with Gasteiger partial charge in [-0.05, 0) is 51.5 Å². The van der Waals surface area contributed by atoms with Crippen molar-refractivity contribution >= 4 is 5.91 Å². The molecule has 0 fully saturated rings. The summed E-state index contributed by atoms with van der Waals surface area (Å²) in [7, 11) is 1.57. The highest BCUT2D eigenvalue weighted by Crippen LogP contribution is 2.29. The molecule has 2 rings (SSSR count). The first kappa shape index (κ1) is 17.9. The lowest BCUT2D eigenvalue weighted by atomic mass is 10.1. The van der Waals surface area contributed by atoms with Gasteiger partial charge in [-0.15, -0.1) is 0 Å². The highest BCUT2D eigenvalue weighted by Gasteiger charge is 2.15. The Morgan fingerprint density at radius 2 is 1.67 bits per heavy atom. The zero-order valence-corrected chi connectivity index (χ0v) is 14.9. The van der Waals surface area contributed by atoms with Gasteiger partial charge in [0.05, 0.1) is 19.3 Å². The summed E-state index contributed by atoms with van der Waals surface area (Å²) in [4.78, 5) is 12.5. The van der Waals surface area contributed by atoms with E-state index in [1.54, 1.807) is 25.3 Å². The van der Waals surface area contributed by atoms with Crippen LogP contribution in [0.5, 0.6) is 11.5 Å². The zero-order valence-electron chi connectivity index (χ0n) is 14.9. The summed E-state index contributed by atoms with van der Waals surface area (Å²) < 4.78 is 11.0. The third kappa shape index (κ3) is 4.51. The van der Waals surface area contributed by atoms with Crippen LogP contribution in [-0.4, -0.2) is 19.1 Å². The van der Waals surface area contributed by atoms with Crippen molar-refractivity contribution in [1.82, 2.24) is 5.32 Å². The number of aryl methyl sites for hydroxylation is 1. The smallest absolute Gasteiger partial charge is 0.251 e. The number of nitrogens with one attached hydrogen (secondary N) is 1. The molecule has 1 unspecified atom stereocenters. The van der Waals surface area contributed by atoms with E-state index in [-0.39, 0.29) is 18.1 Å². The van der Waals surface area contributed by atoms with E-state index in [0.29, 0.717) is 17.1 Å². The number of rotatable bonds is 6. The molecule has 1 amide bonds. The summed E-state index contributed by atoms with van der Waals surface area (Å²) in [5, 5.41) is 3.01. The van der Waals surface area contributed by atoms with Gasteiger partial charge in [-0.3, -0.25) is 4.79 Å². The molecule has 0 aliphatic carbocycles. The van der Waals surface area contributed by atoms with E-state index in [0.717, 1.165) is 5.56 Å². The van der Waals surface area contributed by atoms with Gasteiger partial charge in [-0.25, -0.2) is 0 Å². The van der Waals surface area contributed by atoms with Crippen LogP contribution in [0.2, 0.25) is 0 Å². The maximum Gasteiger partial charge on any atom is 0.251 e. The average molecular weight is 327 g/mol. The van der Waals surface area contributed by atoms with Crippen LogP contribution in [0.1, 0.15) is 48.3 Å². The molecule has 1 atom stereocenters. The minimum atomic E-state index is -0.141. The SMILES string of the molecule is COc1cc(C(=O)NC(C)c2ccc(C)cc2)ccc1OC(C)C. The number of methoxy groups -OCH3 is 1. The third-order valence-corrected chi connectivity index (χ3v) is 3.71. The first-order valence-electron chi connectivity index (χ1n) is 8.13. The van der Waals surface area contributed by atoms with E-state index >= 15 is 0 Å². The van der Waals surface area contributed by atoms with Crippen molar-refractivity contribution in [3.05, 3.63) is 59.2 Å². The first-order valence-corrected chi connectivity index (χ1v) is 8.13. The van der Waals surface area contributed by atoms with Gasteiger partial charge in [-0.1, -0.05) is 29.8 Å². The van der Waals surface area contributed by atoms with Crippen molar-refractivity contribution in [3.63, 3.8) is 0 Å². The Hall–Kier alpha value is -2.49. The molecule has 128 valence electrons. The van der Waals surface area contributed by atoms with Crippen LogP contribution in [0.3, 0.4) is 0 Å². The predicted molar refractivity (Wildman–Crippen MR) is 95.8 cm³/mol. The van der Waals surface area contributed by atoms with E-state index < -0.39 is 0 Å². The molecule has 4 heteroatoms. The fourth-order valence-corrected chi connectivity index (χ4v) is 2.38. The number of carbonyl (C=O) groups is 1. The highest BCUT2D eigenvalue weighted by atomic mass is 16.5. The maximum absolute atomic E-state index is 12.5. The number of ether oxygens (including phenoxy) is 2. The van der Waals surface area contributed by atoms with Gasteiger partial charge in [0.15, 0.2) is 11.5 Å². The standard InChI is InChI=1S/C20H25NO3/c1-13(2)24-18-11-10-17(12-19(18)23-5)20(22)21-15(4)16-8-6-14(3)7-9-16/h6-13,15H,1-5H3,(H,21,22). The maximum atomic E-state index is 12.5. The van der Waals surface area contributed by atoms with Crippen molar-refractivity contribution in [2.24, 2.45) is 0 Å². The second kappa shape index (κ2) is 7.86. The molecule has 2 aromatic rings. The Bertz CT molecular complexity index is 693. The molecule has 0 spiro atoms. The molecule has 0 aliphatic heterocycles. The Morgan fingerprint density at radius 1 is 1.00 bits per heavy atom. The van der Waals surface area contributed by atoms with Crippen LogP contribution in [0, 0.1) is 6.92 Å². The molecule has 0 aliphatic rings. The topological polar surface area (TPSA) is 47.6 Å². The van der Waals surface area contributed by atoms with Gasteiger partial charge >= 0.3 is 0 Å². The molecule has 0 aromatic heterocycles. The van der Waals surface area contributed by atoms with Crippen LogP contribution in [0.4, 0.5) is 0 Å². The third-order valence-electron chi connectivity index (χ3n) is 3.71. The van der Waals surface area contributed by atoms with Gasteiger partial charge in [0.2, 0.25) is 0 Å². The van der Waals surface area contributed by atoms with Crippen LogP contribution in [0.15, 0.2) is 42.5 Å². The number of carbonyl (C=O) groups excluding carboxylic acids is 1. The minimum absolute atomic E-state index is 0.0418. The molecular weight excluding hydrogens is 302 g/mol. The van der Waals surface area contributed by atoms with E-state index in [2.05, 4.69) is 5.32 Å². The lowest BCUT2D eigenvalue weighted by molar-refractivity contribution is 0.0939. The summed E-state index contributed by atoms with van der Waals surface area (Å²) in [5.74, 6) is 1.05. The monoisotopic (exact) mass is 327 g/mol. The van der Waals surface area contributed by atoms with Crippen molar-refractivity contribution in [3.8, 4) is 11.5 Å². The summed E-state index contributed by atoms with van der Waals surface area (Å²) in [6.07, 6.45) is 0.0418. The summed E-state index contributed by atoms with van der Waals surface area (Å²) in [6.45, 7) is 7.91. The lowest BCUT2D eigenvalue weighted by Crippen LogP contribution is -2.26. The number of hydrogen-bond donors (Lipinski definition) is 1. The second-order valence-electron chi connectivity index (χ2n) is 6.14. The number of hydrogen-bond acceptors (Lipinski definition) is 3. The Labute approximate surface area is 143 Å². The fourth-order valence-electron chi connectivity index (χ4n) is 2.38. The Morgan fingerprint density at radius 3 is 2.25 bits per heavy atom. The van der Waals surface area contributed by atoms with Crippen molar-refractivity contribution in [2.75, 3.05) is 7.11 Å².